The lowest BCUT2D eigenvalue weighted by Crippen LogP contribution is -2.44. The smallest absolute Gasteiger partial charge is 0.227 e. The zero-order valence-electron chi connectivity index (χ0n) is 20.3. The molecule has 1 aliphatic rings. The minimum absolute atomic E-state index is 0.163. The monoisotopic (exact) mass is 512 g/mol. The molecule has 12 heteroatoms. The lowest BCUT2D eigenvalue weighted by atomic mass is 10.0. The van der Waals surface area contributed by atoms with Crippen molar-refractivity contribution in [1.29, 1.82) is 0 Å². The number of nitrogens with one attached hydrogen (secondary N) is 1. The molecule has 5 rings (SSSR count). The summed E-state index contributed by atoms with van der Waals surface area (Å²) in [5.74, 6) is 1.05. The van der Waals surface area contributed by atoms with Gasteiger partial charge in [0.15, 0.2) is 0 Å². The molecule has 0 bridgehead atoms. The number of H-pyrrole nitrogens is 1. The number of nitrogens with two attached hydrogens (primary N) is 1. The summed E-state index contributed by atoms with van der Waals surface area (Å²) in [7, 11) is -2.34. The van der Waals surface area contributed by atoms with Gasteiger partial charge in [0.2, 0.25) is 21.8 Å². The maximum atomic E-state index is 11.7. The molecule has 1 aliphatic heterocycles. The second kappa shape index (κ2) is 9.62. The number of aromatic amines is 1. The van der Waals surface area contributed by atoms with E-state index in [2.05, 4.69) is 38.9 Å². The zero-order chi connectivity index (χ0) is 25.4. The van der Waals surface area contributed by atoms with Gasteiger partial charge in [-0.3, -0.25) is 10.00 Å². The van der Waals surface area contributed by atoms with E-state index in [1.54, 1.807) is 24.7 Å². The van der Waals surface area contributed by atoms with Crippen LogP contribution in [0.1, 0.15) is 25.2 Å². The summed E-state index contributed by atoms with van der Waals surface area (Å²) in [6.07, 6.45) is 5.42. The number of fused-ring (bicyclic) bond motifs is 1. The molecule has 3 N–H and O–H groups in total. The van der Waals surface area contributed by atoms with Gasteiger partial charge in [-0.05, 0) is 37.6 Å². The van der Waals surface area contributed by atoms with Gasteiger partial charge >= 0.3 is 0 Å². The fourth-order valence-corrected chi connectivity index (χ4v) is 5.33. The van der Waals surface area contributed by atoms with E-state index in [-0.39, 0.29) is 18.1 Å². The van der Waals surface area contributed by atoms with Gasteiger partial charge in [0.25, 0.3) is 0 Å². The fraction of sp³-hybridized carbons (Fsp3) is 0.375. The van der Waals surface area contributed by atoms with Gasteiger partial charge in [-0.25, -0.2) is 23.5 Å². The van der Waals surface area contributed by atoms with E-state index in [1.165, 1.54) is 7.11 Å². The number of aromatic nitrogens is 4. The van der Waals surface area contributed by atoms with Crippen LogP contribution in [0.3, 0.4) is 0 Å². The Balaban J connectivity index is 1.50. The highest BCUT2D eigenvalue weighted by molar-refractivity contribution is 7.88. The average Bonchev–Trinajstić information content (AvgIpc) is 3.46. The number of sulfonamides is 1. The van der Waals surface area contributed by atoms with Crippen molar-refractivity contribution in [1.82, 2.24) is 25.1 Å². The van der Waals surface area contributed by atoms with E-state index >= 15 is 0 Å². The van der Waals surface area contributed by atoms with Crippen molar-refractivity contribution < 1.29 is 22.3 Å². The molecule has 2 atom stereocenters. The zero-order valence-corrected chi connectivity index (χ0v) is 21.1. The summed E-state index contributed by atoms with van der Waals surface area (Å²) in [6.45, 7) is 6.43. The molecule has 4 aromatic rings. The summed E-state index contributed by atoms with van der Waals surface area (Å²) in [5, 5.41) is 13.3. The molecule has 0 spiro atoms. The molecule has 11 nitrogen and oxygen atoms in total. The number of hydrogen-bond donors (Lipinski definition) is 2. The molecule has 1 aromatic carbocycles. The van der Waals surface area contributed by atoms with Crippen LogP contribution in [-0.4, -0.2) is 65.9 Å². The second-order valence-corrected chi connectivity index (χ2v) is 10.8. The van der Waals surface area contributed by atoms with Gasteiger partial charge in [-0.2, -0.15) is 5.10 Å². The maximum Gasteiger partial charge on any atom is 0.227 e. The first-order chi connectivity index (χ1) is 17.2. The van der Waals surface area contributed by atoms with Crippen LogP contribution < -0.4 is 9.88 Å². The van der Waals surface area contributed by atoms with Crippen molar-refractivity contribution in [3.63, 3.8) is 0 Å². The van der Waals surface area contributed by atoms with Crippen molar-refractivity contribution in [2.45, 2.75) is 38.4 Å². The number of pyridine rings is 1. The number of hydrogen-bond acceptors (Lipinski definition) is 9. The molecular weight excluding hydrogens is 484 g/mol. The Morgan fingerprint density at radius 1 is 1.11 bits per heavy atom. The van der Waals surface area contributed by atoms with Crippen molar-refractivity contribution >= 4 is 20.9 Å². The van der Waals surface area contributed by atoms with E-state index < -0.39 is 15.8 Å². The minimum Gasteiger partial charge on any atom is -0.481 e. The van der Waals surface area contributed by atoms with Crippen LogP contribution >= 0.6 is 0 Å². The number of methoxy groups -OCH3 is 1. The van der Waals surface area contributed by atoms with Crippen molar-refractivity contribution in [3.05, 3.63) is 48.1 Å². The average molecular weight is 513 g/mol. The molecule has 3 aromatic heterocycles. The molecule has 190 valence electrons. The van der Waals surface area contributed by atoms with Crippen LogP contribution in [0.15, 0.2) is 41.2 Å². The number of primary sulfonamides is 1. The number of oxazole rings is 1. The van der Waals surface area contributed by atoms with Crippen molar-refractivity contribution in [2.75, 3.05) is 20.2 Å². The summed E-state index contributed by atoms with van der Waals surface area (Å²) in [5.41, 5.74) is 3.38. The third-order valence-corrected chi connectivity index (χ3v) is 6.74. The van der Waals surface area contributed by atoms with Crippen LogP contribution in [0.25, 0.3) is 33.5 Å². The highest BCUT2D eigenvalue weighted by atomic mass is 32.2. The van der Waals surface area contributed by atoms with Gasteiger partial charge < -0.3 is 13.9 Å². The first-order valence-corrected chi connectivity index (χ1v) is 13.2. The number of morpholine rings is 1. The van der Waals surface area contributed by atoms with E-state index in [4.69, 9.17) is 19.0 Å². The highest BCUT2D eigenvalue weighted by Crippen LogP contribution is 2.34. The Morgan fingerprint density at radius 3 is 2.61 bits per heavy atom. The largest absolute Gasteiger partial charge is 0.481 e. The number of nitrogens with zero attached hydrogens (tertiary/aromatic N) is 4. The van der Waals surface area contributed by atoms with E-state index in [1.807, 2.05) is 12.1 Å². The van der Waals surface area contributed by atoms with E-state index in [9.17, 15) is 8.42 Å². The van der Waals surface area contributed by atoms with Crippen LogP contribution in [0.4, 0.5) is 0 Å². The van der Waals surface area contributed by atoms with Gasteiger partial charge in [0, 0.05) is 41.4 Å². The molecule has 0 amide bonds. The van der Waals surface area contributed by atoms with E-state index in [0.29, 0.717) is 23.6 Å². The Bertz CT molecular complexity index is 1490. The topological polar surface area (TPSA) is 149 Å². The van der Waals surface area contributed by atoms with Crippen molar-refractivity contribution in [2.24, 2.45) is 5.14 Å². The molecule has 1 saturated heterocycles. The molecule has 2 unspecified atom stereocenters. The number of benzene rings is 1. The SMILES string of the molecule is COc1ncc(-c2cc(-c3ncc(CN4CC(C)OC(C)C4)o3)c3cn[nH]c3c2)cc1CS(N)(=O)=O. The Labute approximate surface area is 208 Å². The lowest BCUT2D eigenvalue weighted by molar-refractivity contribution is -0.0718. The fourth-order valence-electron chi connectivity index (χ4n) is 4.69. The van der Waals surface area contributed by atoms with Gasteiger partial charge in [-0.1, -0.05) is 0 Å². The lowest BCUT2D eigenvalue weighted by Gasteiger charge is -2.34. The normalized spacial score (nSPS) is 19.1. The predicted octanol–water partition coefficient (Wildman–Crippen LogP) is 2.69. The van der Waals surface area contributed by atoms with Crippen LogP contribution in [0, 0.1) is 0 Å². The number of rotatable bonds is 7. The molecule has 36 heavy (non-hydrogen) atoms. The third-order valence-electron chi connectivity index (χ3n) is 6.03. The van der Waals surface area contributed by atoms with E-state index in [0.717, 1.165) is 40.9 Å². The molecule has 1 fully saturated rings. The Kier molecular flexibility index (Phi) is 6.51. The third kappa shape index (κ3) is 5.26. The second-order valence-electron chi connectivity index (χ2n) is 9.14. The number of ether oxygens (including phenoxy) is 2. The highest BCUT2D eigenvalue weighted by Gasteiger charge is 2.24. The van der Waals surface area contributed by atoms with Crippen LogP contribution in [0.2, 0.25) is 0 Å². The maximum absolute atomic E-state index is 11.7. The van der Waals surface area contributed by atoms with Crippen LogP contribution in [0.5, 0.6) is 5.88 Å². The summed E-state index contributed by atoms with van der Waals surface area (Å²) in [6, 6.07) is 5.55. The van der Waals surface area contributed by atoms with Gasteiger partial charge in [-0.15, -0.1) is 0 Å². The summed E-state index contributed by atoms with van der Waals surface area (Å²) >= 11 is 0. The van der Waals surface area contributed by atoms with Crippen LogP contribution in [-0.2, 0) is 27.1 Å². The molecule has 4 heterocycles. The molecule has 0 saturated carbocycles. The van der Waals surface area contributed by atoms with Gasteiger partial charge in [0.05, 0.1) is 49.5 Å². The molecular formula is C24H28N6O5S. The molecule has 0 aliphatic carbocycles. The summed E-state index contributed by atoms with van der Waals surface area (Å²) in [4.78, 5) is 11.1. The molecule has 0 radical (unpaired) electrons. The first kappa shape index (κ1) is 24.4. The Hall–Kier alpha value is -3.32. The minimum atomic E-state index is -3.78. The Morgan fingerprint density at radius 2 is 1.89 bits per heavy atom. The first-order valence-electron chi connectivity index (χ1n) is 11.5. The quantitative estimate of drug-likeness (QED) is 0.381. The predicted molar refractivity (Wildman–Crippen MR) is 133 cm³/mol. The van der Waals surface area contributed by atoms with Crippen molar-refractivity contribution in [3.8, 4) is 28.5 Å². The summed E-state index contributed by atoms with van der Waals surface area (Å²) < 4.78 is 40.7. The van der Waals surface area contributed by atoms with Gasteiger partial charge in [0.1, 0.15) is 5.76 Å². The standard InChI is InChI=1S/C24H28N6O5S/c1-14-10-30(11-15(2)34-14)12-19-8-27-24(35-19)20-5-16(6-22-21(20)9-28-29-22)17-4-18(13-36(25,31)32)23(33-3)26-7-17/h4-9,14-15H,10-13H2,1-3H3,(H,28,29)(H2,25,31,32).